The molecule has 16 heteroatoms. The molecule has 1 fully saturated rings. The van der Waals surface area contributed by atoms with Gasteiger partial charge in [-0.15, -0.1) is 0 Å². The van der Waals surface area contributed by atoms with Crippen LogP contribution in [0.3, 0.4) is 0 Å². The number of likely N-dealkylation sites (N-methyl/N-ethyl adjacent to an activating group) is 2. The number of aliphatic hydroxyl groups is 3. The normalized spacial score (nSPS) is 33.8. The molecule has 1 saturated heterocycles. The van der Waals surface area contributed by atoms with Gasteiger partial charge in [-0.3, -0.25) is 24.3 Å². The molecule has 2 aromatic rings. The second-order valence-electron chi connectivity index (χ2n) is 16.8. The van der Waals surface area contributed by atoms with E-state index in [1.54, 1.807) is 51.2 Å². The van der Waals surface area contributed by atoms with Crippen LogP contribution in [0.5, 0.6) is 0 Å². The van der Waals surface area contributed by atoms with Crippen LogP contribution >= 0.6 is 0 Å². The molecule has 0 aliphatic carbocycles. The van der Waals surface area contributed by atoms with E-state index in [2.05, 4.69) is 4.98 Å². The summed E-state index contributed by atoms with van der Waals surface area (Å²) in [6.07, 6.45) is -3.79. The Kier molecular flexibility index (Phi) is 19.2. The average molecular weight is 858 g/mol. The summed E-state index contributed by atoms with van der Waals surface area (Å²) in [6.45, 7) is 8.20. The van der Waals surface area contributed by atoms with Crippen LogP contribution < -0.4 is 0 Å². The summed E-state index contributed by atoms with van der Waals surface area (Å²) >= 11 is 0. The molecule has 0 radical (unpaired) electrons. The topological polar surface area (TPSA) is 204 Å². The van der Waals surface area contributed by atoms with Gasteiger partial charge in [0.15, 0.2) is 6.29 Å². The van der Waals surface area contributed by atoms with Crippen LogP contribution in [0.15, 0.2) is 48.7 Å². The third-order valence-electron chi connectivity index (χ3n) is 11.7. The first-order valence-electron chi connectivity index (χ1n) is 21.2. The fourth-order valence-corrected chi connectivity index (χ4v) is 8.72. The fourth-order valence-electron chi connectivity index (χ4n) is 8.72. The maximum absolute atomic E-state index is 13.7. The van der Waals surface area contributed by atoms with Crippen LogP contribution in [-0.4, -0.2) is 162 Å². The van der Waals surface area contributed by atoms with Crippen molar-refractivity contribution < 1.29 is 62.9 Å². The minimum atomic E-state index is -1.38. The lowest BCUT2D eigenvalue weighted by Gasteiger charge is -2.47. The molecule has 0 amide bonds. The number of hydrogen-bond donors (Lipinski definition) is 3. The Morgan fingerprint density at radius 3 is 2.31 bits per heavy atom. The summed E-state index contributed by atoms with van der Waals surface area (Å²) < 4.78 is 36.0. The predicted molar refractivity (Wildman–Crippen MR) is 225 cm³/mol. The number of carbonyl (C=O) groups is 4. The molecule has 16 nitrogen and oxygen atoms in total. The van der Waals surface area contributed by atoms with Crippen molar-refractivity contribution in [3.05, 3.63) is 54.2 Å². The molecule has 2 aliphatic heterocycles. The van der Waals surface area contributed by atoms with Crippen molar-refractivity contribution in [2.75, 3.05) is 34.8 Å². The van der Waals surface area contributed by atoms with Gasteiger partial charge in [-0.1, -0.05) is 31.2 Å². The Morgan fingerprint density at radius 1 is 0.951 bits per heavy atom. The highest BCUT2D eigenvalue weighted by Gasteiger charge is 2.48. The summed E-state index contributed by atoms with van der Waals surface area (Å²) in [5.41, 5.74) is 2.07. The van der Waals surface area contributed by atoms with Gasteiger partial charge in [-0.25, -0.2) is 0 Å². The van der Waals surface area contributed by atoms with Crippen LogP contribution in [0.1, 0.15) is 72.3 Å². The van der Waals surface area contributed by atoms with Gasteiger partial charge in [0, 0.05) is 45.4 Å². The number of aryl methyl sites for hydroxylation is 1. The zero-order valence-corrected chi connectivity index (χ0v) is 37.0. The lowest BCUT2D eigenvalue weighted by atomic mass is 9.82. The zero-order chi connectivity index (χ0) is 45.0. The summed E-state index contributed by atoms with van der Waals surface area (Å²) in [5, 5.41) is 35.3. The van der Waals surface area contributed by atoms with Crippen molar-refractivity contribution in [1.82, 2.24) is 14.8 Å². The lowest BCUT2D eigenvalue weighted by molar-refractivity contribution is -0.310. The molecule has 14 atom stereocenters. The number of aldehydes is 1. The highest BCUT2D eigenvalue weighted by molar-refractivity contribution is 5.81. The number of aliphatic hydroxyl groups excluding tert-OH is 3. The maximum Gasteiger partial charge on any atom is 0.309 e. The van der Waals surface area contributed by atoms with E-state index in [1.807, 2.05) is 49.2 Å². The molecule has 2 aliphatic rings. The second-order valence-corrected chi connectivity index (χ2v) is 16.8. The third-order valence-corrected chi connectivity index (χ3v) is 11.7. The minimum Gasteiger partial charge on any atom is -0.462 e. The third kappa shape index (κ3) is 13.8. The molecule has 1 aromatic heterocycles. The maximum atomic E-state index is 13.7. The van der Waals surface area contributed by atoms with Gasteiger partial charge in [0.25, 0.3) is 0 Å². The number of fused-ring (bicyclic) bond motifs is 1. The van der Waals surface area contributed by atoms with Crippen molar-refractivity contribution in [2.24, 2.45) is 11.8 Å². The van der Waals surface area contributed by atoms with E-state index in [0.29, 0.717) is 12.8 Å². The first kappa shape index (κ1) is 49.8. The standard InChI is InChI=1S/C45H67N3O13/c1-26-23-32(19-22-49)43(61-45-42(55)40(47(6)7)41(54)28(3)58-45)44(56-9)38(60-30(5)51)25-39(53)57-27(2)24-36(52)35(16-17-37(26)59-29(4)50)48(8)21-12-13-31-18-20-46-34-15-11-10-14-33(31)34/h10-11,14-18,20,22,26-28,32,35-38,40-45,52,54-55H,12-13,19,21,23-25H2,1-9H3/b17-16+/t26-,27-,28-,32+,35+,36?,37+,38-,40+,41-,42-,43+,44+,45+/m1/s1. The van der Waals surface area contributed by atoms with E-state index < -0.39 is 109 Å². The van der Waals surface area contributed by atoms with Gasteiger partial charge in [0.2, 0.25) is 0 Å². The molecule has 0 saturated carbocycles. The van der Waals surface area contributed by atoms with E-state index >= 15 is 0 Å². The Bertz CT molecular complexity index is 1760. The smallest absolute Gasteiger partial charge is 0.309 e. The van der Waals surface area contributed by atoms with Crippen molar-refractivity contribution >= 4 is 35.1 Å². The Morgan fingerprint density at radius 2 is 1.66 bits per heavy atom. The molecule has 3 heterocycles. The molecule has 61 heavy (non-hydrogen) atoms. The van der Waals surface area contributed by atoms with E-state index in [9.17, 15) is 34.5 Å². The zero-order valence-electron chi connectivity index (χ0n) is 37.0. The fraction of sp³-hybridized carbons (Fsp3) is 0.667. The summed E-state index contributed by atoms with van der Waals surface area (Å²) in [4.78, 5) is 59.5. The van der Waals surface area contributed by atoms with E-state index in [0.717, 1.165) is 29.3 Å². The molecule has 3 N–H and O–H groups in total. The number of methoxy groups -OCH3 is 1. The summed E-state index contributed by atoms with van der Waals surface area (Å²) in [7, 11) is 6.63. The van der Waals surface area contributed by atoms with Crippen LogP contribution in [0.2, 0.25) is 0 Å². The highest BCUT2D eigenvalue weighted by Crippen LogP contribution is 2.34. The number of aromatic nitrogens is 1. The van der Waals surface area contributed by atoms with Gasteiger partial charge in [-0.05, 0) is 96.4 Å². The van der Waals surface area contributed by atoms with Gasteiger partial charge in [0.05, 0.1) is 48.4 Å². The number of hydrogen-bond acceptors (Lipinski definition) is 16. The van der Waals surface area contributed by atoms with Gasteiger partial charge in [0.1, 0.15) is 36.8 Å². The molecule has 1 unspecified atom stereocenters. The first-order chi connectivity index (χ1) is 28.9. The second kappa shape index (κ2) is 23.5. The van der Waals surface area contributed by atoms with Crippen molar-refractivity contribution in [1.29, 1.82) is 0 Å². The van der Waals surface area contributed by atoms with Gasteiger partial charge >= 0.3 is 17.9 Å². The largest absolute Gasteiger partial charge is 0.462 e. The SMILES string of the molecule is CO[C@@H]1[C@@H](O[C@@H]2O[C@H](C)[C@@H](O)[C@H](N(C)C)[C@H]2O)[C@@H](CC=O)C[C@@H](C)[C@@H](OC(C)=O)/C=C/[C@H](N(C)CCCc2ccnc3ccccc23)C(O)C[C@@H](C)OC(=O)C[C@H]1OC(C)=O. The Hall–Kier alpha value is -3.87. The molecular formula is C45H67N3O13. The Balaban J connectivity index is 1.74. The number of para-hydroxylation sites is 1. The van der Waals surface area contributed by atoms with Gasteiger partial charge in [-0.2, -0.15) is 0 Å². The molecule has 4 rings (SSSR count). The number of pyridine rings is 1. The van der Waals surface area contributed by atoms with Crippen molar-refractivity contribution in [3.63, 3.8) is 0 Å². The average Bonchev–Trinajstić information content (AvgIpc) is 3.18. The number of carbonyl (C=O) groups excluding carboxylic acids is 4. The number of cyclic esters (lactones) is 1. The number of nitrogens with zero attached hydrogens (tertiary/aromatic N) is 3. The number of benzene rings is 1. The van der Waals surface area contributed by atoms with Crippen molar-refractivity contribution in [3.8, 4) is 0 Å². The van der Waals surface area contributed by atoms with Crippen molar-refractivity contribution in [2.45, 2.75) is 146 Å². The minimum absolute atomic E-state index is 0.0426. The van der Waals surface area contributed by atoms with Crippen LogP contribution in [0, 0.1) is 11.8 Å². The first-order valence-corrected chi connectivity index (χ1v) is 21.2. The van der Waals surface area contributed by atoms with E-state index in [4.69, 9.17) is 28.4 Å². The Labute approximate surface area is 359 Å². The molecule has 340 valence electrons. The number of rotatable bonds is 13. The molecular weight excluding hydrogens is 791 g/mol. The number of ether oxygens (including phenoxy) is 6. The highest BCUT2D eigenvalue weighted by atomic mass is 16.7. The quantitative estimate of drug-likeness (QED) is 0.115. The van der Waals surface area contributed by atoms with Crippen LogP contribution in [0.25, 0.3) is 10.9 Å². The van der Waals surface area contributed by atoms with Crippen LogP contribution in [-0.2, 0) is 54.0 Å². The summed E-state index contributed by atoms with van der Waals surface area (Å²) in [6, 6.07) is 8.56. The van der Waals surface area contributed by atoms with E-state index in [1.165, 1.54) is 21.0 Å². The van der Waals surface area contributed by atoms with Crippen LogP contribution in [0.4, 0.5) is 0 Å². The molecule has 0 spiro atoms. The number of esters is 3. The lowest BCUT2D eigenvalue weighted by Crippen LogP contribution is -2.63. The summed E-state index contributed by atoms with van der Waals surface area (Å²) in [5.74, 6) is -3.24. The molecule has 1 aromatic carbocycles. The molecule has 0 bridgehead atoms. The predicted octanol–water partition coefficient (Wildman–Crippen LogP) is 3.00. The van der Waals surface area contributed by atoms with E-state index in [-0.39, 0.29) is 19.3 Å². The monoisotopic (exact) mass is 857 g/mol. The van der Waals surface area contributed by atoms with Gasteiger partial charge < -0.3 is 53.4 Å².